The van der Waals surface area contributed by atoms with Gasteiger partial charge < -0.3 is 10.2 Å². The van der Waals surface area contributed by atoms with Crippen molar-refractivity contribution in [2.75, 3.05) is 20.1 Å². The molecular weight excluding hydrogens is 314 g/mol. The van der Waals surface area contributed by atoms with Crippen LogP contribution in [-0.2, 0) is 0 Å². The van der Waals surface area contributed by atoms with Gasteiger partial charge in [0, 0.05) is 19.1 Å². The van der Waals surface area contributed by atoms with Crippen LogP contribution in [0.5, 0.6) is 0 Å². The average molecular weight is 336 g/mol. The highest BCUT2D eigenvalue weighted by Gasteiger charge is 2.18. The summed E-state index contributed by atoms with van der Waals surface area (Å²) >= 11 is 5.83. The zero-order valence-electron chi connectivity index (χ0n) is 13.3. The van der Waals surface area contributed by atoms with Crippen molar-refractivity contribution in [3.05, 3.63) is 29.2 Å². The Morgan fingerprint density at radius 1 is 1.39 bits per heavy atom. The van der Waals surface area contributed by atoms with Gasteiger partial charge in [-0.05, 0) is 32.0 Å². The molecule has 0 unspecified atom stereocenters. The van der Waals surface area contributed by atoms with Gasteiger partial charge in [0.2, 0.25) is 0 Å². The SMILES string of the molecule is CN(CCNC(=O)c1cn2nc(Cl)ccc2n1)C1CCCCC1. The molecule has 6 nitrogen and oxygen atoms in total. The maximum Gasteiger partial charge on any atom is 0.271 e. The maximum atomic E-state index is 12.2. The van der Waals surface area contributed by atoms with E-state index in [1.165, 1.54) is 36.6 Å². The number of halogens is 1. The van der Waals surface area contributed by atoms with Crippen LogP contribution in [-0.4, -0.2) is 51.6 Å². The number of carbonyl (C=O) groups is 1. The van der Waals surface area contributed by atoms with Gasteiger partial charge in [0.25, 0.3) is 5.91 Å². The Labute approximate surface area is 140 Å². The molecule has 0 aromatic carbocycles. The molecule has 1 saturated carbocycles. The van der Waals surface area contributed by atoms with Gasteiger partial charge in [-0.25, -0.2) is 9.50 Å². The van der Waals surface area contributed by atoms with Gasteiger partial charge in [0.15, 0.2) is 5.65 Å². The highest BCUT2D eigenvalue weighted by Crippen LogP contribution is 2.21. The Morgan fingerprint density at radius 3 is 2.96 bits per heavy atom. The fraction of sp³-hybridized carbons (Fsp3) is 0.562. The first-order valence-corrected chi connectivity index (χ1v) is 8.51. The summed E-state index contributed by atoms with van der Waals surface area (Å²) < 4.78 is 1.52. The van der Waals surface area contributed by atoms with E-state index in [-0.39, 0.29) is 5.91 Å². The maximum absolute atomic E-state index is 12.2. The first-order valence-electron chi connectivity index (χ1n) is 8.14. The lowest BCUT2D eigenvalue weighted by molar-refractivity contribution is 0.0940. The van der Waals surface area contributed by atoms with Gasteiger partial charge in [-0.15, -0.1) is 0 Å². The lowest BCUT2D eigenvalue weighted by Gasteiger charge is -2.31. The van der Waals surface area contributed by atoms with Crippen LogP contribution in [0, 0.1) is 0 Å². The summed E-state index contributed by atoms with van der Waals surface area (Å²) in [4.78, 5) is 18.8. The van der Waals surface area contributed by atoms with E-state index in [1.807, 2.05) is 0 Å². The number of nitrogens with zero attached hydrogens (tertiary/aromatic N) is 4. The third-order valence-electron chi connectivity index (χ3n) is 4.47. The van der Waals surface area contributed by atoms with Crippen molar-refractivity contribution in [2.45, 2.75) is 38.1 Å². The molecule has 2 heterocycles. The van der Waals surface area contributed by atoms with E-state index in [9.17, 15) is 4.79 Å². The fourth-order valence-corrected chi connectivity index (χ4v) is 3.25. The molecule has 1 amide bonds. The van der Waals surface area contributed by atoms with Crippen LogP contribution in [0.1, 0.15) is 42.6 Å². The van der Waals surface area contributed by atoms with Gasteiger partial charge in [-0.2, -0.15) is 5.10 Å². The average Bonchev–Trinajstić information content (AvgIpc) is 2.98. The number of likely N-dealkylation sites (N-methyl/N-ethyl adjacent to an activating group) is 1. The molecule has 1 aliphatic rings. The number of hydrogen-bond donors (Lipinski definition) is 1. The van der Waals surface area contributed by atoms with Crippen molar-refractivity contribution in [3.63, 3.8) is 0 Å². The van der Waals surface area contributed by atoms with Gasteiger partial charge in [-0.1, -0.05) is 30.9 Å². The molecule has 0 radical (unpaired) electrons. The second-order valence-corrected chi connectivity index (χ2v) is 6.50. The molecule has 1 N–H and O–H groups in total. The number of aromatic nitrogens is 3. The molecule has 0 spiro atoms. The Kier molecular flexibility index (Phi) is 5.13. The normalized spacial score (nSPS) is 16.1. The van der Waals surface area contributed by atoms with E-state index in [4.69, 9.17) is 11.6 Å². The number of amides is 1. The van der Waals surface area contributed by atoms with Gasteiger partial charge in [0.1, 0.15) is 10.8 Å². The molecule has 1 aliphatic carbocycles. The van der Waals surface area contributed by atoms with Crippen molar-refractivity contribution < 1.29 is 4.79 Å². The van der Waals surface area contributed by atoms with Crippen molar-refractivity contribution in [1.82, 2.24) is 24.8 Å². The first kappa shape index (κ1) is 16.2. The Morgan fingerprint density at radius 2 is 2.17 bits per heavy atom. The molecule has 1 fully saturated rings. The van der Waals surface area contributed by atoms with E-state index < -0.39 is 0 Å². The van der Waals surface area contributed by atoms with Crippen LogP contribution >= 0.6 is 11.6 Å². The summed E-state index contributed by atoms with van der Waals surface area (Å²) in [5.41, 5.74) is 0.971. The highest BCUT2D eigenvalue weighted by molar-refractivity contribution is 6.29. The van der Waals surface area contributed by atoms with Crippen LogP contribution in [0.4, 0.5) is 0 Å². The number of imidazole rings is 1. The number of fused-ring (bicyclic) bond motifs is 1. The van der Waals surface area contributed by atoms with Crippen LogP contribution in [0.3, 0.4) is 0 Å². The lowest BCUT2D eigenvalue weighted by atomic mass is 9.94. The summed E-state index contributed by atoms with van der Waals surface area (Å²) in [6.07, 6.45) is 8.12. The van der Waals surface area contributed by atoms with Gasteiger partial charge in [-0.3, -0.25) is 4.79 Å². The quantitative estimate of drug-likeness (QED) is 0.911. The minimum atomic E-state index is -0.177. The topological polar surface area (TPSA) is 62.5 Å². The zero-order valence-corrected chi connectivity index (χ0v) is 14.1. The number of hydrogen-bond acceptors (Lipinski definition) is 4. The second kappa shape index (κ2) is 7.27. The van der Waals surface area contributed by atoms with Gasteiger partial charge in [0.05, 0.1) is 6.20 Å². The van der Waals surface area contributed by atoms with Crippen LogP contribution in [0.2, 0.25) is 5.15 Å². The number of rotatable bonds is 5. The fourth-order valence-electron chi connectivity index (χ4n) is 3.11. The van der Waals surface area contributed by atoms with E-state index in [0.717, 1.165) is 6.54 Å². The molecule has 124 valence electrons. The minimum absolute atomic E-state index is 0.177. The van der Waals surface area contributed by atoms with Crippen LogP contribution < -0.4 is 5.32 Å². The predicted octanol–water partition coefficient (Wildman–Crippen LogP) is 2.38. The summed E-state index contributed by atoms with van der Waals surface area (Å²) in [6.45, 7) is 1.47. The van der Waals surface area contributed by atoms with Crippen LogP contribution in [0.25, 0.3) is 5.65 Å². The molecule has 0 saturated heterocycles. The Balaban J connectivity index is 1.52. The van der Waals surface area contributed by atoms with Crippen molar-refractivity contribution in [3.8, 4) is 0 Å². The standard InChI is InChI=1S/C16H22ClN5O/c1-21(12-5-3-2-4-6-12)10-9-18-16(23)13-11-22-15(19-13)8-7-14(17)20-22/h7-8,11-12H,2-6,9-10H2,1H3,(H,18,23). The van der Waals surface area contributed by atoms with E-state index in [0.29, 0.717) is 29.1 Å². The smallest absolute Gasteiger partial charge is 0.271 e. The summed E-state index contributed by atoms with van der Waals surface area (Å²) in [5.74, 6) is -0.177. The summed E-state index contributed by atoms with van der Waals surface area (Å²) in [7, 11) is 2.14. The molecule has 23 heavy (non-hydrogen) atoms. The van der Waals surface area contributed by atoms with Crippen molar-refractivity contribution >= 4 is 23.2 Å². The van der Waals surface area contributed by atoms with E-state index >= 15 is 0 Å². The molecular formula is C16H22ClN5O. The molecule has 2 aromatic rings. The first-order chi connectivity index (χ1) is 11.1. The van der Waals surface area contributed by atoms with Crippen molar-refractivity contribution in [2.24, 2.45) is 0 Å². The molecule has 0 bridgehead atoms. The zero-order chi connectivity index (χ0) is 16.2. The number of carbonyl (C=O) groups excluding carboxylic acids is 1. The Hall–Kier alpha value is -1.66. The second-order valence-electron chi connectivity index (χ2n) is 6.11. The molecule has 3 rings (SSSR count). The lowest BCUT2D eigenvalue weighted by Crippen LogP contribution is -2.39. The Bertz CT molecular complexity index is 680. The molecule has 2 aromatic heterocycles. The minimum Gasteiger partial charge on any atom is -0.349 e. The molecule has 0 aliphatic heterocycles. The molecule has 0 atom stereocenters. The van der Waals surface area contributed by atoms with Crippen molar-refractivity contribution in [1.29, 1.82) is 0 Å². The monoisotopic (exact) mass is 335 g/mol. The number of nitrogens with one attached hydrogen (secondary N) is 1. The van der Waals surface area contributed by atoms with E-state index in [1.54, 1.807) is 18.3 Å². The van der Waals surface area contributed by atoms with Crippen LogP contribution in [0.15, 0.2) is 18.3 Å². The van der Waals surface area contributed by atoms with Gasteiger partial charge >= 0.3 is 0 Å². The highest BCUT2D eigenvalue weighted by atomic mass is 35.5. The van der Waals surface area contributed by atoms with E-state index in [2.05, 4.69) is 27.3 Å². The third kappa shape index (κ3) is 4.00. The molecule has 7 heteroatoms. The summed E-state index contributed by atoms with van der Waals surface area (Å²) in [5, 5.41) is 7.38. The third-order valence-corrected chi connectivity index (χ3v) is 4.67. The predicted molar refractivity (Wildman–Crippen MR) is 89.8 cm³/mol. The largest absolute Gasteiger partial charge is 0.349 e. The summed E-state index contributed by atoms with van der Waals surface area (Å²) in [6, 6.07) is 4.05.